The summed E-state index contributed by atoms with van der Waals surface area (Å²) in [7, 11) is 0. The SMILES string of the molecule is CC(=O)Nc1ccc(-c2csc(NC(=O)C3CCCc4ccccc43)n2)cc1. The van der Waals surface area contributed by atoms with Crippen LogP contribution in [-0.4, -0.2) is 16.8 Å². The Morgan fingerprint density at radius 1 is 1.07 bits per heavy atom. The van der Waals surface area contributed by atoms with Crippen LogP contribution >= 0.6 is 11.3 Å². The lowest BCUT2D eigenvalue weighted by Crippen LogP contribution is -2.24. The second-order valence-corrected chi connectivity index (χ2v) is 7.79. The molecule has 1 aliphatic rings. The summed E-state index contributed by atoms with van der Waals surface area (Å²) in [6.07, 6.45) is 2.93. The van der Waals surface area contributed by atoms with Crippen molar-refractivity contribution >= 4 is 34.0 Å². The zero-order chi connectivity index (χ0) is 19.5. The van der Waals surface area contributed by atoms with E-state index in [1.54, 1.807) is 0 Å². The summed E-state index contributed by atoms with van der Waals surface area (Å²) in [5, 5.41) is 8.27. The van der Waals surface area contributed by atoms with Gasteiger partial charge in [-0.1, -0.05) is 36.4 Å². The highest BCUT2D eigenvalue weighted by Crippen LogP contribution is 2.33. The predicted molar refractivity (Wildman–Crippen MR) is 113 cm³/mol. The standard InChI is InChI=1S/C22H21N3O2S/c1-14(26)23-17-11-9-16(10-12-17)20-13-28-22(24-20)25-21(27)19-8-4-6-15-5-2-3-7-18(15)19/h2-3,5,7,9-13,19H,4,6,8H2,1H3,(H,23,26)(H,24,25,27). The minimum Gasteiger partial charge on any atom is -0.326 e. The normalized spacial score (nSPS) is 15.5. The van der Waals surface area contributed by atoms with Crippen molar-refractivity contribution in [1.29, 1.82) is 0 Å². The molecule has 1 atom stereocenters. The van der Waals surface area contributed by atoms with Crippen molar-refractivity contribution < 1.29 is 9.59 Å². The third-order valence-electron chi connectivity index (χ3n) is 4.92. The molecule has 2 aromatic carbocycles. The molecule has 0 bridgehead atoms. The number of hydrogen-bond donors (Lipinski definition) is 2. The molecule has 0 saturated heterocycles. The van der Waals surface area contributed by atoms with Crippen LogP contribution in [0.25, 0.3) is 11.3 Å². The molecule has 2 N–H and O–H groups in total. The Morgan fingerprint density at radius 3 is 2.64 bits per heavy atom. The van der Waals surface area contributed by atoms with E-state index in [1.807, 2.05) is 41.8 Å². The van der Waals surface area contributed by atoms with E-state index in [0.29, 0.717) is 5.13 Å². The molecule has 0 saturated carbocycles. The topological polar surface area (TPSA) is 71.1 Å². The number of carbonyl (C=O) groups is 2. The highest BCUT2D eigenvalue weighted by atomic mass is 32.1. The van der Waals surface area contributed by atoms with E-state index in [1.165, 1.54) is 23.8 Å². The second-order valence-electron chi connectivity index (χ2n) is 6.93. The number of amides is 2. The number of aromatic nitrogens is 1. The van der Waals surface area contributed by atoms with Crippen LogP contribution in [0.3, 0.4) is 0 Å². The van der Waals surface area contributed by atoms with Gasteiger partial charge in [0.15, 0.2) is 5.13 Å². The summed E-state index contributed by atoms with van der Waals surface area (Å²) in [5.74, 6) is -0.209. The number of nitrogens with one attached hydrogen (secondary N) is 2. The molecule has 5 nitrogen and oxygen atoms in total. The fourth-order valence-electron chi connectivity index (χ4n) is 3.61. The van der Waals surface area contributed by atoms with Crippen LogP contribution in [0.2, 0.25) is 0 Å². The Labute approximate surface area is 167 Å². The van der Waals surface area contributed by atoms with Crippen LogP contribution in [0.5, 0.6) is 0 Å². The maximum absolute atomic E-state index is 12.8. The van der Waals surface area contributed by atoms with Gasteiger partial charge in [-0.15, -0.1) is 11.3 Å². The summed E-state index contributed by atoms with van der Waals surface area (Å²) < 4.78 is 0. The van der Waals surface area contributed by atoms with E-state index in [2.05, 4.69) is 27.8 Å². The predicted octanol–water partition coefficient (Wildman–Crippen LogP) is 4.83. The first-order valence-electron chi connectivity index (χ1n) is 9.32. The molecule has 0 spiro atoms. The molecular weight excluding hydrogens is 370 g/mol. The molecule has 0 radical (unpaired) electrons. The quantitative estimate of drug-likeness (QED) is 0.669. The molecule has 0 fully saturated rings. The summed E-state index contributed by atoms with van der Waals surface area (Å²) in [4.78, 5) is 28.5. The number of benzene rings is 2. The van der Waals surface area contributed by atoms with E-state index in [9.17, 15) is 9.59 Å². The Hall–Kier alpha value is -2.99. The van der Waals surface area contributed by atoms with Crippen molar-refractivity contribution in [3.05, 3.63) is 65.0 Å². The highest BCUT2D eigenvalue weighted by molar-refractivity contribution is 7.14. The monoisotopic (exact) mass is 391 g/mol. The van der Waals surface area contributed by atoms with Gasteiger partial charge in [0.05, 0.1) is 11.6 Å². The third kappa shape index (κ3) is 3.97. The van der Waals surface area contributed by atoms with Gasteiger partial charge in [-0.2, -0.15) is 0 Å². The first-order valence-corrected chi connectivity index (χ1v) is 10.2. The van der Waals surface area contributed by atoms with E-state index in [4.69, 9.17) is 0 Å². The molecule has 2 amide bonds. The largest absolute Gasteiger partial charge is 0.326 e. The van der Waals surface area contributed by atoms with Gasteiger partial charge in [-0.05, 0) is 42.5 Å². The maximum Gasteiger partial charge on any atom is 0.233 e. The smallest absolute Gasteiger partial charge is 0.233 e. The van der Waals surface area contributed by atoms with Gasteiger partial charge in [0, 0.05) is 23.6 Å². The van der Waals surface area contributed by atoms with Gasteiger partial charge in [-0.25, -0.2) is 4.98 Å². The molecule has 0 aliphatic heterocycles. The van der Waals surface area contributed by atoms with Gasteiger partial charge in [0.25, 0.3) is 0 Å². The van der Waals surface area contributed by atoms with E-state index < -0.39 is 0 Å². The Kier molecular flexibility index (Phi) is 5.21. The van der Waals surface area contributed by atoms with Crippen molar-refractivity contribution in [3.8, 4) is 11.3 Å². The number of anilines is 2. The minimum absolute atomic E-state index is 0.00839. The average molecular weight is 391 g/mol. The highest BCUT2D eigenvalue weighted by Gasteiger charge is 2.26. The van der Waals surface area contributed by atoms with Gasteiger partial charge in [0.1, 0.15) is 0 Å². The van der Waals surface area contributed by atoms with E-state index >= 15 is 0 Å². The molecule has 28 heavy (non-hydrogen) atoms. The van der Waals surface area contributed by atoms with Gasteiger partial charge >= 0.3 is 0 Å². The molecule has 3 aromatic rings. The van der Waals surface area contributed by atoms with Crippen LogP contribution in [0.4, 0.5) is 10.8 Å². The summed E-state index contributed by atoms with van der Waals surface area (Å²) in [5.41, 5.74) is 4.90. The second kappa shape index (κ2) is 7.94. The van der Waals surface area contributed by atoms with Crippen molar-refractivity contribution in [2.24, 2.45) is 0 Å². The minimum atomic E-state index is -0.116. The lowest BCUT2D eigenvalue weighted by molar-refractivity contribution is -0.118. The lowest BCUT2D eigenvalue weighted by atomic mass is 9.82. The van der Waals surface area contributed by atoms with Crippen molar-refractivity contribution in [3.63, 3.8) is 0 Å². The zero-order valence-electron chi connectivity index (χ0n) is 15.6. The van der Waals surface area contributed by atoms with Crippen molar-refractivity contribution in [1.82, 2.24) is 4.98 Å². The number of hydrogen-bond acceptors (Lipinski definition) is 4. The van der Waals surface area contributed by atoms with Crippen LogP contribution in [-0.2, 0) is 16.0 Å². The molecule has 1 heterocycles. The van der Waals surface area contributed by atoms with E-state index in [0.717, 1.165) is 41.8 Å². The van der Waals surface area contributed by atoms with Gasteiger partial charge < -0.3 is 10.6 Å². The molecule has 4 rings (SSSR count). The molecule has 1 aliphatic carbocycles. The summed E-state index contributed by atoms with van der Waals surface area (Å²) >= 11 is 1.42. The lowest BCUT2D eigenvalue weighted by Gasteiger charge is -2.24. The van der Waals surface area contributed by atoms with Crippen molar-refractivity contribution in [2.75, 3.05) is 10.6 Å². The molecular formula is C22H21N3O2S. The molecule has 142 valence electrons. The number of carbonyl (C=O) groups excluding carboxylic acids is 2. The third-order valence-corrected chi connectivity index (χ3v) is 5.68. The van der Waals surface area contributed by atoms with Gasteiger partial charge in [-0.3, -0.25) is 9.59 Å². The van der Waals surface area contributed by atoms with Crippen LogP contribution < -0.4 is 10.6 Å². The summed E-state index contributed by atoms with van der Waals surface area (Å²) in [6, 6.07) is 15.7. The fraction of sp³-hybridized carbons (Fsp3) is 0.227. The first-order chi connectivity index (χ1) is 13.6. The van der Waals surface area contributed by atoms with Crippen molar-refractivity contribution in [2.45, 2.75) is 32.1 Å². The number of nitrogens with zero attached hydrogens (tertiary/aromatic N) is 1. The van der Waals surface area contributed by atoms with Crippen LogP contribution in [0.1, 0.15) is 36.8 Å². The van der Waals surface area contributed by atoms with Crippen LogP contribution in [0.15, 0.2) is 53.9 Å². The number of thiazole rings is 1. The average Bonchev–Trinajstić information content (AvgIpc) is 3.16. The van der Waals surface area contributed by atoms with Gasteiger partial charge in [0.2, 0.25) is 11.8 Å². The van der Waals surface area contributed by atoms with Crippen LogP contribution in [0, 0.1) is 0 Å². The Balaban J connectivity index is 1.47. The summed E-state index contributed by atoms with van der Waals surface area (Å²) in [6.45, 7) is 1.48. The van der Waals surface area contributed by atoms with E-state index in [-0.39, 0.29) is 17.7 Å². The first kappa shape index (κ1) is 18.4. The number of aryl methyl sites for hydroxylation is 1. The number of fused-ring (bicyclic) bond motifs is 1. The molecule has 1 aromatic heterocycles. The number of rotatable bonds is 4. The Bertz CT molecular complexity index is 1010. The Morgan fingerprint density at radius 2 is 1.86 bits per heavy atom. The molecule has 1 unspecified atom stereocenters. The molecule has 6 heteroatoms. The zero-order valence-corrected chi connectivity index (χ0v) is 16.4. The fourth-order valence-corrected chi connectivity index (χ4v) is 4.33. The maximum atomic E-state index is 12.8.